The van der Waals surface area contributed by atoms with Crippen molar-refractivity contribution < 1.29 is 13.9 Å². The lowest BCUT2D eigenvalue weighted by Crippen LogP contribution is -2.24. The van der Waals surface area contributed by atoms with Gasteiger partial charge in [-0.2, -0.15) is 5.10 Å². The Kier molecular flexibility index (Phi) is 3.65. The molecule has 104 valence electrons. The standard InChI is InChI=1S/C14H13FN2O3/c1-8-4-5-10(6-11(8)15)17-7-9(2)13(18)12(16-17)14(19)20-3/h4-7H,1-3H3. The van der Waals surface area contributed by atoms with Gasteiger partial charge in [0.15, 0.2) is 0 Å². The van der Waals surface area contributed by atoms with Gasteiger partial charge in [0.1, 0.15) is 5.82 Å². The van der Waals surface area contributed by atoms with Gasteiger partial charge in [0, 0.05) is 11.8 Å². The van der Waals surface area contributed by atoms with Crippen LogP contribution in [0.5, 0.6) is 0 Å². The van der Waals surface area contributed by atoms with Crippen LogP contribution in [0.1, 0.15) is 21.6 Å². The molecule has 0 aliphatic carbocycles. The van der Waals surface area contributed by atoms with Gasteiger partial charge in [-0.15, -0.1) is 0 Å². The summed E-state index contributed by atoms with van der Waals surface area (Å²) in [4.78, 5) is 23.3. The van der Waals surface area contributed by atoms with E-state index in [1.807, 2.05) is 0 Å². The Morgan fingerprint density at radius 1 is 1.30 bits per heavy atom. The lowest BCUT2D eigenvalue weighted by atomic mass is 10.2. The zero-order valence-electron chi connectivity index (χ0n) is 11.3. The summed E-state index contributed by atoms with van der Waals surface area (Å²) < 4.78 is 19.4. The number of carbonyl (C=O) groups excluding carboxylic acids is 1. The third-order valence-electron chi connectivity index (χ3n) is 2.90. The van der Waals surface area contributed by atoms with Gasteiger partial charge < -0.3 is 4.74 Å². The van der Waals surface area contributed by atoms with Crippen molar-refractivity contribution in [3.63, 3.8) is 0 Å². The molecule has 0 amide bonds. The van der Waals surface area contributed by atoms with Crippen LogP contribution in [0.4, 0.5) is 4.39 Å². The zero-order chi connectivity index (χ0) is 14.9. The SMILES string of the molecule is COC(=O)c1nn(-c2ccc(C)c(F)c2)cc(C)c1=O. The number of nitrogens with zero attached hydrogens (tertiary/aromatic N) is 2. The van der Waals surface area contributed by atoms with Crippen molar-refractivity contribution >= 4 is 5.97 Å². The highest BCUT2D eigenvalue weighted by molar-refractivity contribution is 5.87. The summed E-state index contributed by atoms with van der Waals surface area (Å²) in [5.74, 6) is -1.21. The summed E-state index contributed by atoms with van der Waals surface area (Å²) in [5.41, 5.74) is 0.414. The van der Waals surface area contributed by atoms with Crippen LogP contribution in [0.15, 0.2) is 29.2 Å². The number of benzene rings is 1. The smallest absolute Gasteiger partial charge is 0.362 e. The van der Waals surface area contributed by atoms with Crippen molar-refractivity contribution in [3.8, 4) is 5.69 Å². The second-order valence-corrected chi connectivity index (χ2v) is 4.36. The second-order valence-electron chi connectivity index (χ2n) is 4.36. The Bertz CT molecular complexity index is 738. The van der Waals surface area contributed by atoms with E-state index < -0.39 is 11.4 Å². The fourth-order valence-corrected chi connectivity index (χ4v) is 1.70. The van der Waals surface area contributed by atoms with E-state index in [1.165, 1.54) is 24.1 Å². The first-order valence-electron chi connectivity index (χ1n) is 5.89. The predicted molar refractivity (Wildman–Crippen MR) is 70.6 cm³/mol. The highest BCUT2D eigenvalue weighted by Gasteiger charge is 2.16. The highest BCUT2D eigenvalue weighted by atomic mass is 19.1. The molecule has 0 bridgehead atoms. The van der Waals surface area contributed by atoms with Gasteiger partial charge >= 0.3 is 5.97 Å². The number of esters is 1. The number of methoxy groups -OCH3 is 1. The minimum atomic E-state index is -0.819. The van der Waals surface area contributed by atoms with Crippen LogP contribution in [0.25, 0.3) is 5.69 Å². The molecule has 0 unspecified atom stereocenters. The summed E-state index contributed by atoms with van der Waals surface area (Å²) in [7, 11) is 1.17. The molecule has 0 N–H and O–H groups in total. The third kappa shape index (κ3) is 2.45. The molecular formula is C14H13FN2O3. The maximum Gasteiger partial charge on any atom is 0.362 e. The molecule has 2 aromatic rings. The number of rotatable bonds is 2. The molecule has 0 aliphatic rings. The maximum atomic E-state index is 13.6. The van der Waals surface area contributed by atoms with Gasteiger partial charge in [0.05, 0.1) is 12.8 Å². The van der Waals surface area contributed by atoms with E-state index in [9.17, 15) is 14.0 Å². The van der Waals surface area contributed by atoms with Crippen molar-refractivity contribution in [3.05, 3.63) is 57.3 Å². The van der Waals surface area contributed by atoms with Gasteiger partial charge in [0.25, 0.3) is 0 Å². The molecule has 1 heterocycles. The van der Waals surface area contributed by atoms with Gasteiger partial charge in [-0.3, -0.25) is 4.79 Å². The van der Waals surface area contributed by atoms with Crippen molar-refractivity contribution in [2.75, 3.05) is 7.11 Å². The average molecular weight is 276 g/mol. The first-order chi connectivity index (χ1) is 9.43. The van der Waals surface area contributed by atoms with E-state index in [0.29, 0.717) is 16.8 Å². The van der Waals surface area contributed by atoms with Crippen molar-refractivity contribution in [1.29, 1.82) is 0 Å². The molecule has 0 spiro atoms. The van der Waals surface area contributed by atoms with Gasteiger partial charge in [-0.25, -0.2) is 13.9 Å². The summed E-state index contributed by atoms with van der Waals surface area (Å²) in [6, 6.07) is 4.53. The zero-order valence-corrected chi connectivity index (χ0v) is 11.3. The number of aromatic nitrogens is 2. The maximum absolute atomic E-state index is 13.6. The fraction of sp³-hybridized carbons (Fsp3) is 0.214. The van der Waals surface area contributed by atoms with E-state index in [1.54, 1.807) is 26.0 Å². The molecule has 0 fully saturated rings. The van der Waals surface area contributed by atoms with Crippen molar-refractivity contribution in [2.45, 2.75) is 13.8 Å². The van der Waals surface area contributed by atoms with Gasteiger partial charge in [-0.05, 0) is 31.5 Å². The van der Waals surface area contributed by atoms with Crippen molar-refractivity contribution in [2.24, 2.45) is 0 Å². The molecule has 6 heteroatoms. The largest absolute Gasteiger partial charge is 0.464 e. The molecular weight excluding hydrogens is 263 g/mol. The Morgan fingerprint density at radius 2 is 2.00 bits per heavy atom. The van der Waals surface area contributed by atoms with Crippen LogP contribution in [0.2, 0.25) is 0 Å². The topological polar surface area (TPSA) is 61.2 Å². The van der Waals surface area contributed by atoms with E-state index in [4.69, 9.17) is 0 Å². The first-order valence-corrected chi connectivity index (χ1v) is 5.89. The Labute approximate surface area is 114 Å². The summed E-state index contributed by atoms with van der Waals surface area (Å²) in [5, 5.41) is 3.91. The average Bonchev–Trinajstić information content (AvgIpc) is 2.44. The number of hydrogen-bond acceptors (Lipinski definition) is 4. The van der Waals surface area contributed by atoms with Crippen LogP contribution in [0, 0.1) is 19.7 Å². The quantitative estimate of drug-likeness (QED) is 0.784. The minimum Gasteiger partial charge on any atom is -0.464 e. The number of hydrogen-bond donors (Lipinski definition) is 0. The molecule has 2 rings (SSSR count). The van der Waals surface area contributed by atoms with Crippen LogP contribution >= 0.6 is 0 Å². The number of halogens is 1. The normalized spacial score (nSPS) is 10.4. The molecule has 0 aliphatic heterocycles. The fourth-order valence-electron chi connectivity index (χ4n) is 1.70. The Morgan fingerprint density at radius 3 is 2.60 bits per heavy atom. The van der Waals surface area contributed by atoms with Crippen LogP contribution < -0.4 is 5.43 Å². The molecule has 1 aromatic carbocycles. The first kappa shape index (κ1) is 13.9. The molecule has 0 radical (unpaired) electrons. The molecule has 0 saturated carbocycles. The Hall–Kier alpha value is -2.50. The molecule has 20 heavy (non-hydrogen) atoms. The molecule has 0 atom stereocenters. The number of aryl methyl sites for hydroxylation is 2. The highest BCUT2D eigenvalue weighted by Crippen LogP contribution is 2.12. The predicted octanol–water partition coefficient (Wildman–Crippen LogP) is 1.78. The van der Waals surface area contributed by atoms with Gasteiger partial charge in [0.2, 0.25) is 11.1 Å². The van der Waals surface area contributed by atoms with E-state index >= 15 is 0 Å². The lowest BCUT2D eigenvalue weighted by Gasteiger charge is -2.09. The van der Waals surface area contributed by atoms with E-state index in [-0.39, 0.29) is 11.5 Å². The van der Waals surface area contributed by atoms with E-state index in [0.717, 1.165) is 0 Å². The lowest BCUT2D eigenvalue weighted by molar-refractivity contribution is 0.0590. The van der Waals surface area contributed by atoms with Crippen molar-refractivity contribution in [1.82, 2.24) is 9.78 Å². The minimum absolute atomic E-state index is 0.321. The molecule has 5 nitrogen and oxygen atoms in total. The second kappa shape index (κ2) is 5.24. The van der Waals surface area contributed by atoms with E-state index in [2.05, 4.69) is 9.84 Å². The number of ether oxygens (including phenoxy) is 1. The monoisotopic (exact) mass is 276 g/mol. The third-order valence-corrected chi connectivity index (χ3v) is 2.90. The Balaban J connectivity index is 2.63. The molecule has 0 saturated heterocycles. The van der Waals surface area contributed by atoms with Crippen LogP contribution in [-0.4, -0.2) is 22.9 Å². The number of carbonyl (C=O) groups is 1. The molecule has 1 aromatic heterocycles. The van der Waals surface area contributed by atoms with Gasteiger partial charge in [-0.1, -0.05) is 6.07 Å². The summed E-state index contributed by atoms with van der Waals surface area (Å²) in [6.45, 7) is 3.20. The summed E-state index contributed by atoms with van der Waals surface area (Å²) >= 11 is 0. The van der Waals surface area contributed by atoms with Crippen LogP contribution in [0.3, 0.4) is 0 Å². The van der Waals surface area contributed by atoms with Crippen LogP contribution in [-0.2, 0) is 4.74 Å². The summed E-state index contributed by atoms with van der Waals surface area (Å²) in [6.07, 6.45) is 1.44.